The zero-order chi connectivity index (χ0) is 23.2. The zero-order valence-corrected chi connectivity index (χ0v) is 20.3. The van der Waals surface area contributed by atoms with Gasteiger partial charge in [0, 0.05) is 38.4 Å². The molecule has 3 heterocycles. The molecule has 5 rings (SSSR count). The number of hydrogen-bond donors (Lipinski definition) is 0. The van der Waals surface area contributed by atoms with Crippen molar-refractivity contribution >= 4 is 11.7 Å². The van der Waals surface area contributed by atoms with Crippen LogP contribution in [-0.2, 0) is 19.6 Å². The Hall–Kier alpha value is -2.99. The van der Waals surface area contributed by atoms with E-state index >= 15 is 0 Å². The maximum atomic E-state index is 6.05. The van der Waals surface area contributed by atoms with Gasteiger partial charge in [0.1, 0.15) is 12.0 Å². The monoisotopic (exact) mass is 460 g/mol. The summed E-state index contributed by atoms with van der Waals surface area (Å²) in [5, 5.41) is 0. The Morgan fingerprint density at radius 1 is 0.882 bits per heavy atom. The van der Waals surface area contributed by atoms with Crippen molar-refractivity contribution in [2.45, 2.75) is 51.7 Å². The van der Waals surface area contributed by atoms with Crippen molar-refractivity contribution in [3.05, 3.63) is 71.6 Å². The first kappa shape index (κ1) is 22.8. The minimum atomic E-state index is 0.682. The molecule has 0 atom stereocenters. The number of methoxy groups -OCH3 is 1. The quantitative estimate of drug-likeness (QED) is 0.422. The number of benzene rings is 2. The van der Waals surface area contributed by atoms with E-state index in [2.05, 4.69) is 51.1 Å². The van der Waals surface area contributed by atoms with Crippen molar-refractivity contribution < 1.29 is 9.15 Å². The number of piperidine rings is 1. The van der Waals surface area contributed by atoms with E-state index in [4.69, 9.17) is 14.1 Å². The molecule has 0 N–H and O–H groups in total. The number of likely N-dealkylation sites (tertiary alicyclic amines) is 1. The number of nitrogens with zero attached hydrogens (tertiary/aromatic N) is 4. The minimum absolute atomic E-state index is 0.682. The van der Waals surface area contributed by atoms with Crippen LogP contribution in [0.15, 0.2) is 59.2 Å². The Morgan fingerprint density at radius 3 is 2.35 bits per heavy atom. The molecule has 6 nitrogen and oxygen atoms in total. The van der Waals surface area contributed by atoms with Crippen LogP contribution in [0.5, 0.6) is 5.75 Å². The normalized spacial score (nSPS) is 16.7. The molecule has 0 spiro atoms. The molecule has 6 heteroatoms. The molecule has 0 saturated carbocycles. The Bertz CT molecular complexity index is 1050. The molecule has 2 aliphatic rings. The fourth-order valence-electron chi connectivity index (χ4n) is 5.09. The van der Waals surface area contributed by atoms with Crippen molar-refractivity contribution in [2.75, 3.05) is 43.1 Å². The lowest BCUT2D eigenvalue weighted by Crippen LogP contribution is -2.29. The first-order chi connectivity index (χ1) is 16.8. The maximum absolute atomic E-state index is 6.05. The fraction of sp³-hybridized carbons (Fsp3) is 0.464. The van der Waals surface area contributed by atoms with Crippen LogP contribution in [0.2, 0.25) is 0 Å². The molecule has 3 aromatic rings. The van der Waals surface area contributed by atoms with Gasteiger partial charge in [-0.15, -0.1) is 0 Å². The van der Waals surface area contributed by atoms with E-state index in [0.29, 0.717) is 12.6 Å². The molecule has 180 valence electrons. The number of oxazole rings is 1. The van der Waals surface area contributed by atoms with Gasteiger partial charge in [-0.3, -0.25) is 4.90 Å². The topological polar surface area (TPSA) is 45.0 Å². The number of rotatable bonds is 9. The summed E-state index contributed by atoms with van der Waals surface area (Å²) in [5.74, 6) is 0.867. The first-order valence-electron chi connectivity index (χ1n) is 12.7. The standard InChI is InChI=1S/C28H36N4O2/c1-33-27-12-8-10-24(18-27)20-32(19-23-9-7-11-26(17-23)31-15-5-6-16-31)28-29-25(22-34-28)21-30-13-3-2-4-14-30/h7-12,17-18,22H,2-6,13-16,19-21H2,1H3. The number of ether oxygens (including phenoxy) is 1. The predicted molar refractivity (Wildman–Crippen MR) is 136 cm³/mol. The van der Waals surface area contributed by atoms with E-state index in [1.54, 1.807) is 7.11 Å². The third kappa shape index (κ3) is 5.73. The van der Waals surface area contributed by atoms with E-state index in [-0.39, 0.29) is 0 Å². The van der Waals surface area contributed by atoms with Crippen molar-refractivity contribution in [1.82, 2.24) is 9.88 Å². The molecular weight excluding hydrogens is 424 g/mol. The molecule has 1 aromatic heterocycles. The molecule has 2 aliphatic heterocycles. The van der Waals surface area contributed by atoms with Crippen LogP contribution in [0.1, 0.15) is 48.9 Å². The summed E-state index contributed by atoms with van der Waals surface area (Å²) >= 11 is 0. The summed E-state index contributed by atoms with van der Waals surface area (Å²) in [4.78, 5) is 12.1. The number of aromatic nitrogens is 1. The van der Waals surface area contributed by atoms with Crippen LogP contribution in [0, 0.1) is 0 Å². The number of anilines is 2. The van der Waals surface area contributed by atoms with Gasteiger partial charge in [0.05, 0.1) is 12.8 Å². The first-order valence-corrected chi connectivity index (χ1v) is 12.7. The molecular formula is C28H36N4O2. The Labute approximate surface area is 203 Å². The molecule has 2 saturated heterocycles. The van der Waals surface area contributed by atoms with Crippen LogP contribution < -0.4 is 14.5 Å². The second-order valence-corrected chi connectivity index (χ2v) is 9.53. The lowest BCUT2D eigenvalue weighted by Gasteiger charge is -2.25. The molecule has 0 amide bonds. The second kappa shape index (κ2) is 11.0. The van der Waals surface area contributed by atoms with E-state index in [1.807, 2.05) is 18.4 Å². The highest BCUT2D eigenvalue weighted by Gasteiger charge is 2.19. The average Bonchev–Trinajstić information content (AvgIpc) is 3.58. The fourth-order valence-corrected chi connectivity index (χ4v) is 5.09. The molecule has 0 aliphatic carbocycles. The van der Waals surface area contributed by atoms with E-state index in [9.17, 15) is 0 Å². The van der Waals surface area contributed by atoms with E-state index < -0.39 is 0 Å². The summed E-state index contributed by atoms with van der Waals surface area (Å²) in [7, 11) is 1.71. The van der Waals surface area contributed by atoms with Crippen molar-refractivity contribution in [2.24, 2.45) is 0 Å². The Kier molecular flexibility index (Phi) is 7.34. The van der Waals surface area contributed by atoms with E-state index in [0.717, 1.165) is 50.7 Å². The van der Waals surface area contributed by atoms with Crippen molar-refractivity contribution in [1.29, 1.82) is 0 Å². The Morgan fingerprint density at radius 2 is 1.59 bits per heavy atom. The maximum Gasteiger partial charge on any atom is 0.298 e. The van der Waals surface area contributed by atoms with Gasteiger partial charge in [-0.2, -0.15) is 4.98 Å². The average molecular weight is 461 g/mol. The largest absolute Gasteiger partial charge is 0.497 e. The van der Waals surface area contributed by atoms with Crippen LogP contribution >= 0.6 is 0 Å². The van der Waals surface area contributed by atoms with Gasteiger partial charge in [0.25, 0.3) is 6.01 Å². The third-order valence-electron chi connectivity index (χ3n) is 6.91. The Balaban J connectivity index is 1.36. The highest BCUT2D eigenvalue weighted by atomic mass is 16.5. The van der Waals surface area contributed by atoms with Crippen LogP contribution in [0.3, 0.4) is 0 Å². The molecule has 2 fully saturated rings. The van der Waals surface area contributed by atoms with Crippen LogP contribution in [-0.4, -0.2) is 43.2 Å². The third-order valence-corrected chi connectivity index (χ3v) is 6.91. The smallest absolute Gasteiger partial charge is 0.298 e. The summed E-state index contributed by atoms with van der Waals surface area (Å²) in [6.45, 7) is 6.91. The van der Waals surface area contributed by atoms with Crippen LogP contribution in [0.4, 0.5) is 11.7 Å². The summed E-state index contributed by atoms with van der Waals surface area (Å²) in [6.07, 6.45) is 8.29. The van der Waals surface area contributed by atoms with Crippen molar-refractivity contribution in [3.63, 3.8) is 0 Å². The summed E-state index contributed by atoms with van der Waals surface area (Å²) < 4.78 is 11.5. The molecule has 0 radical (unpaired) electrons. The van der Waals surface area contributed by atoms with Gasteiger partial charge in [-0.1, -0.05) is 30.7 Å². The lowest BCUT2D eigenvalue weighted by atomic mass is 10.1. The van der Waals surface area contributed by atoms with Gasteiger partial charge < -0.3 is 19.0 Å². The molecule has 0 unspecified atom stereocenters. The van der Waals surface area contributed by atoms with Gasteiger partial charge in [-0.05, 0) is 74.2 Å². The van der Waals surface area contributed by atoms with Gasteiger partial charge in [0.15, 0.2) is 0 Å². The molecule has 2 aromatic carbocycles. The van der Waals surface area contributed by atoms with Crippen LogP contribution in [0.25, 0.3) is 0 Å². The lowest BCUT2D eigenvalue weighted by molar-refractivity contribution is 0.218. The minimum Gasteiger partial charge on any atom is -0.497 e. The zero-order valence-electron chi connectivity index (χ0n) is 20.3. The SMILES string of the molecule is COc1cccc(CN(Cc2cccc(N3CCCC3)c2)c2nc(CN3CCCCC3)co2)c1. The highest BCUT2D eigenvalue weighted by molar-refractivity contribution is 5.50. The summed E-state index contributed by atoms with van der Waals surface area (Å²) in [5.41, 5.74) is 4.77. The highest BCUT2D eigenvalue weighted by Crippen LogP contribution is 2.26. The molecule has 34 heavy (non-hydrogen) atoms. The number of hydrogen-bond acceptors (Lipinski definition) is 6. The predicted octanol–water partition coefficient (Wildman–Crippen LogP) is 5.48. The summed E-state index contributed by atoms with van der Waals surface area (Å²) in [6, 6.07) is 17.8. The van der Waals surface area contributed by atoms with E-state index in [1.165, 1.54) is 48.9 Å². The second-order valence-electron chi connectivity index (χ2n) is 9.53. The van der Waals surface area contributed by atoms with Gasteiger partial charge in [0.2, 0.25) is 0 Å². The van der Waals surface area contributed by atoms with Crippen molar-refractivity contribution in [3.8, 4) is 5.75 Å². The van der Waals surface area contributed by atoms with Gasteiger partial charge >= 0.3 is 0 Å². The van der Waals surface area contributed by atoms with Gasteiger partial charge in [-0.25, -0.2) is 0 Å². The molecule has 0 bridgehead atoms.